The molecule has 2 nitrogen and oxygen atoms in total. The molecule has 2 fully saturated rings. The number of nitrogens with zero attached hydrogens (tertiary/aromatic N) is 1. The van der Waals surface area contributed by atoms with Crippen LogP contribution in [-0.4, -0.2) is 36.1 Å². The highest BCUT2D eigenvalue weighted by Gasteiger charge is 2.35. The summed E-state index contributed by atoms with van der Waals surface area (Å²) in [6.07, 6.45) is 4.18. The molecule has 0 radical (unpaired) electrons. The molecule has 0 aromatic carbocycles. The summed E-state index contributed by atoms with van der Waals surface area (Å²) in [4.78, 5) is 2.70. The van der Waals surface area contributed by atoms with Crippen LogP contribution in [0.15, 0.2) is 0 Å². The zero-order chi connectivity index (χ0) is 8.55. The van der Waals surface area contributed by atoms with Crippen LogP contribution < -0.4 is 5.32 Å². The molecular formula is C10H20N2. The summed E-state index contributed by atoms with van der Waals surface area (Å²) < 4.78 is 0. The van der Waals surface area contributed by atoms with E-state index >= 15 is 0 Å². The Labute approximate surface area is 75.3 Å². The Hall–Kier alpha value is -0.0800. The average molecular weight is 168 g/mol. The minimum absolute atomic E-state index is 0.792. The third-order valence-corrected chi connectivity index (χ3v) is 3.10. The Morgan fingerprint density at radius 2 is 2.17 bits per heavy atom. The summed E-state index contributed by atoms with van der Waals surface area (Å²) >= 11 is 0. The molecule has 1 unspecified atom stereocenters. The van der Waals surface area contributed by atoms with Crippen LogP contribution in [0.5, 0.6) is 0 Å². The Balaban J connectivity index is 1.82. The lowest BCUT2D eigenvalue weighted by Gasteiger charge is -2.27. The Kier molecular flexibility index (Phi) is 2.37. The average Bonchev–Trinajstić information content (AvgIpc) is 2.88. The van der Waals surface area contributed by atoms with E-state index in [2.05, 4.69) is 24.1 Å². The minimum Gasteiger partial charge on any atom is -0.310 e. The van der Waals surface area contributed by atoms with Gasteiger partial charge in [0.05, 0.1) is 0 Å². The maximum Gasteiger partial charge on any atom is 0.0321 e. The highest BCUT2D eigenvalue weighted by Crippen LogP contribution is 2.29. The summed E-state index contributed by atoms with van der Waals surface area (Å²) in [7, 11) is 0. The third kappa shape index (κ3) is 1.99. The van der Waals surface area contributed by atoms with Gasteiger partial charge in [0.2, 0.25) is 0 Å². The third-order valence-electron chi connectivity index (χ3n) is 3.10. The van der Waals surface area contributed by atoms with Crippen LogP contribution in [-0.2, 0) is 0 Å². The van der Waals surface area contributed by atoms with Crippen LogP contribution in [0.2, 0.25) is 0 Å². The fourth-order valence-corrected chi connectivity index (χ4v) is 1.80. The van der Waals surface area contributed by atoms with Crippen LogP contribution in [0, 0.1) is 0 Å². The molecule has 0 amide bonds. The topological polar surface area (TPSA) is 25.2 Å². The van der Waals surface area contributed by atoms with Crippen LogP contribution in [0.4, 0.5) is 0 Å². The maximum atomic E-state index is 3.38. The number of hydrogen-bond donors (Lipinski definition) is 1. The van der Waals surface area contributed by atoms with Crippen LogP contribution >= 0.6 is 0 Å². The molecule has 1 aliphatic carbocycles. The molecular weight excluding hydrogens is 148 g/mol. The molecule has 2 aliphatic rings. The normalized spacial score (nSPS) is 30.8. The second-order valence-electron chi connectivity index (χ2n) is 4.29. The number of rotatable bonds is 5. The van der Waals surface area contributed by atoms with E-state index in [1.165, 1.54) is 32.4 Å². The standard InChI is InChI=1S/C10H20N2/c1-3-8(2)12(10-4-5-10)7-9-6-11-9/h8-11H,3-7H2,1-2H3/t8?,9-/m1/s1. The Morgan fingerprint density at radius 1 is 1.50 bits per heavy atom. The summed E-state index contributed by atoms with van der Waals surface area (Å²) in [5.74, 6) is 0. The molecule has 1 saturated carbocycles. The van der Waals surface area contributed by atoms with Gasteiger partial charge >= 0.3 is 0 Å². The predicted molar refractivity (Wildman–Crippen MR) is 51.3 cm³/mol. The van der Waals surface area contributed by atoms with Crippen molar-refractivity contribution in [3.8, 4) is 0 Å². The van der Waals surface area contributed by atoms with Crippen molar-refractivity contribution < 1.29 is 0 Å². The Morgan fingerprint density at radius 3 is 2.58 bits per heavy atom. The van der Waals surface area contributed by atoms with Crippen molar-refractivity contribution >= 4 is 0 Å². The van der Waals surface area contributed by atoms with Crippen molar-refractivity contribution in [2.24, 2.45) is 0 Å². The molecule has 1 heterocycles. The lowest BCUT2D eigenvalue weighted by Crippen LogP contribution is -2.38. The molecule has 2 atom stereocenters. The van der Waals surface area contributed by atoms with Crippen molar-refractivity contribution in [3.63, 3.8) is 0 Å². The van der Waals surface area contributed by atoms with Crippen molar-refractivity contribution in [2.75, 3.05) is 13.1 Å². The number of nitrogens with one attached hydrogen (secondary N) is 1. The molecule has 0 aromatic rings. The highest BCUT2D eigenvalue weighted by molar-refractivity contribution is 4.94. The van der Waals surface area contributed by atoms with E-state index in [-0.39, 0.29) is 0 Å². The molecule has 2 rings (SSSR count). The molecule has 0 spiro atoms. The van der Waals surface area contributed by atoms with E-state index in [4.69, 9.17) is 0 Å². The summed E-state index contributed by atoms with van der Waals surface area (Å²) in [6.45, 7) is 7.19. The second-order valence-corrected chi connectivity index (χ2v) is 4.29. The first-order valence-electron chi connectivity index (χ1n) is 5.30. The van der Waals surface area contributed by atoms with Gasteiger partial charge in [-0.05, 0) is 26.2 Å². The zero-order valence-electron chi connectivity index (χ0n) is 8.21. The van der Waals surface area contributed by atoms with E-state index in [1.54, 1.807) is 0 Å². The zero-order valence-corrected chi connectivity index (χ0v) is 8.21. The van der Waals surface area contributed by atoms with Gasteiger partial charge in [0.25, 0.3) is 0 Å². The van der Waals surface area contributed by atoms with Crippen molar-refractivity contribution in [3.05, 3.63) is 0 Å². The van der Waals surface area contributed by atoms with Gasteiger partial charge in [-0.2, -0.15) is 0 Å². The first kappa shape index (κ1) is 8.52. The van der Waals surface area contributed by atoms with E-state index < -0.39 is 0 Å². The van der Waals surface area contributed by atoms with Crippen molar-refractivity contribution in [1.29, 1.82) is 0 Å². The molecule has 12 heavy (non-hydrogen) atoms. The van der Waals surface area contributed by atoms with Gasteiger partial charge in [-0.1, -0.05) is 6.92 Å². The maximum absolute atomic E-state index is 3.38. The van der Waals surface area contributed by atoms with Crippen LogP contribution in [0.3, 0.4) is 0 Å². The van der Waals surface area contributed by atoms with Gasteiger partial charge in [-0.25, -0.2) is 0 Å². The predicted octanol–water partition coefficient (Wildman–Crippen LogP) is 1.22. The molecule has 70 valence electrons. The smallest absolute Gasteiger partial charge is 0.0321 e. The SMILES string of the molecule is CCC(C)N(C[C@H]1CN1)C1CC1. The number of hydrogen-bond acceptors (Lipinski definition) is 2. The van der Waals surface area contributed by atoms with Gasteiger partial charge in [-0.3, -0.25) is 4.90 Å². The van der Waals surface area contributed by atoms with E-state index in [1.807, 2.05) is 0 Å². The summed E-state index contributed by atoms with van der Waals surface area (Å²) in [5.41, 5.74) is 0. The minimum atomic E-state index is 0.792. The first-order chi connectivity index (χ1) is 5.81. The van der Waals surface area contributed by atoms with Gasteiger partial charge in [0.1, 0.15) is 0 Å². The molecule has 1 N–H and O–H groups in total. The van der Waals surface area contributed by atoms with Gasteiger partial charge in [-0.15, -0.1) is 0 Å². The van der Waals surface area contributed by atoms with E-state index in [0.29, 0.717) is 0 Å². The van der Waals surface area contributed by atoms with Crippen molar-refractivity contribution in [1.82, 2.24) is 10.2 Å². The van der Waals surface area contributed by atoms with Crippen molar-refractivity contribution in [2.45, 2.75) is 51.2 Å². The van der Waals surface area contributed by atoms with Crippen LogP contribution in [0.25, 0.3) is 0 Å². The lowest BCUT2D eigenvalue weighted by molar-refractivity contribution is 0.195. The second kappa shape index (κ2) is 3.35. The molecule has 1 saturated heterocycles. The lowest BCUT2D eigenvalue weighted by atomic mass is 10.2. The van der Waals surface area contributed by atoms with Gasteiger partial charge in [0.15, 0.2) is 0 Å². The van der Waals surface area contributed by atoms with Gasteiger partial charge in [0, 0.05) is 31.2 Å². The quantitative estimate of drug-likeness (QED) is 0.624. The van der Waals surface area contributed by atoms with E-state index in [0.717, 1.165) is 18.1 Å². The fraction of sp³-hybridized carbons (Fsp3) is 1.00. The Bertz CT molecular complexity index is 150. The van der Waals surface area contributed by atoms with Gasteiger partial charge < -0.3 is 5.32 Å². The molecule has 0 aromatic heterocycles. The van der Waals surface area contributed by atoms with Crippen LogP contribution in [0.1, 0.15) is 33.1 Å². The fourth-order valence-electron chi connectivity index (χ4n) is 1.80. The summed E-state index contributed by atoms with van der Waals surface area (Å²) in [6, 6.07) is 2.54. The first-order valence-corrected chi connectivity index (χ1v) is 5.30. The summed E-state index contributed by atoms with van der Waals surface area (Å²) in [5, 5.41) is 3.38. The largest absolute Gasteiger partial charge is 0.310 e. The monoisotopic (exact) mass is 168 g/mol. The molecule has 2 heteroatoms. The van der Waals surface area contributed by atoms with E-state index in [9.17, 15) is 0 Å². The highest BCUT2D eigenvalue weighted by atomic mass is 15.3. The molecule has 0 bridgehead atoms. The molecule has 1 aliphatic heterocycles.